The molecule has 0 amide bonds. The van der Waals surface area contributed by atoms with Gasteiger partial charge in [0, 0.05) is 17.0 Å². The number of benzene rings is 2. The fraction of sp³-hybridized carbons (Fsp3) is 0.188. The second kappa shape index (κ2) is 5.17. The maximum Gasteiger partial charge on any atom is 0.124 e. The van der Waals surface area contributed by atoms with Crippen LogP contribution in [0.25, 0.3) is 0 Å². The van der Waals surface area contributed by atoms with Gasteiger partial charge in [0.25, 0.3) is 0 Å². The third kappa shape index (κ3) is 2.49. The van der Waals surface area contributed by atoms with Gasteiger partial charge in [0.1, 0.15) is 5.75 Å². The molecule has 0 spiro atoms. The lowest BCUT2D eigenvalue weighted by Crippen LogP contribution is -2.09. The second-order valence-corrected chi connectivity index (χ2v) is 5.45. The molecule has 0 bridgehead atoms. The summed E-state index contributed by atoms with van der Waals surface area (Å²) >= 11 is 5.90. The van der Waals surface area contributed by atoms with Crippen LogP contribution < -0.4 is 5.43 Å². The molecule has 2 aromatic carbocycles. The standard InChI is InChI=1S/C16H15ClN2O/c1-10-2-7-16(20)13(8-10)15-9-14(18-19-15)11-3-5-12(17)6-4-11/h2-8,14,18,20H,9H2,1H3/t14-/m0/s1. The monoisotopic (exact) mass is 286 g/mol. The molecule has 4 heteroatoms. The molecule has 1 aliphatic heterocycles. The number of hydrogen-bond donors (Lipinski definition) is 2. The molecule has 0 saturated carbocycles. The van der Waals surface area contributed by atoms with E-state index in [4.69, 9.17) is 11.6 Å². The highest BCUT2D eigenvalue weighted by atomic mass is 35.5. The largest absolute Gasteiger partial charge is 0.507 e. The van der Waals surface area contributed by atoms with Crippen LogP contribution in [0.3, 0.4) is 0 Å². The first-order chi connectivity index (χ1) is 9.63. The maximum atomic E-state index is 9.96. The third-order valence-electron chi connectivity index (χ3n) is 3.49. The molecule has 102 valence electrons. The van der Waals surface area contributed by atoms with Crippen molar-refractivity contribution in [3.8, 4) is 5.75 Å². The molecule has 0 radical (unpaired) electrons. The number of rotatable bonds is 2. The summed E-state index contributed by atoms with van der Waals surface area (Å²) < 4.78 is 0. The van der Waals surface area contributed by atoms with E-state index in [1.54, 1.807) is 6.07 Å². The number of phenols is 1. The molecule has 2 N–H and O–H groups in total. The Balaban J connectivity index is 1.82. The normalized spacial score (nSPS) is 17.7. The summed E-state index contributed by atoms with van der Waals surface area (Å²) in [5.41, 5.74) is 7.05. The van der Waals surface area contributed by atoms with E-state index < -0.39 is 0 Å². The first kappa shape index (κ1) is 13.0. The van der Waals surface area contributed by atoms with Gasteiger partial charge in [-0.3, -0.25) is 0 Å². The smallest absolute Gasteiger partial charge is 0.124 e. The van der Waals surface area contributed by atoms with Crippen molar-refractivity contribution in [2.45, 2.75) is 19.4 Å². The number of nitrogens with one attached hydrogen (secondary N) is 1. The van der Waals surface area contributed by atoms with Crippen molar-refractivity contribution in [2.75, 3.05) is 0 Å². The lowest BCUT2D eigenvalue weighted by atomic mass is 9.98. The summed E-state index contributed by atoms with van der Waals surface area (Å²) in [5.74, 6) is 0.271. The van der Waals surface area contributed by atoms with E-state index in [0.29, 0.717) is 0 Å². The van der Waals surface area contributed by atoms with Gasteiger partial charge >= 0.3 is 0 Å². The summed E-state index contributed by atoms with van der Waals surface area (Å²) in [6, 6.07) is 13.4. The molecular formula is C16H15ClN2O. The summed E-state index contributed by atoms with van der Waals surface area (Å²) in [5, 5.41) is 15.1. The van der Waals surface area contributed by atoms with Crippen molar-refractivity contribution in [3.63, 3.8) is 0 Å². The summed E-state index contributed by atoms with van der Waals surface area (Å²) in [4.78, 5) is 0. The van der Waals surface area contributed by atoms with Gasteiger partial charge in [-0.2, -0.15) is 5.10 Å². The Labute approximate surface area is 122 Å². The van der Waals surface area contributed by atoms with Crippen molar-refractivity contribution in [3.05, 3.63) is 64.2 Å². The number of halogens is 1. The minimum Gasteiger partial charge on any atom is -0.507 e. The van der Waals surface area contributed by atoms with Crippen LogP contribution in [0, 0.1) is 6.92 Å². The van der Waals surface area contributed by atoms with Gasteiger partial charge in [-0.15, -0.1) is 0 Å². The fourth-order valence-corrected chi connectivity index (χ4v) is 2.51. The van der Waals surface area contributed by atoms with E-state index in [2.05, 4.69) is 10.5 Å². The maximum absolute atomic E-state index is 9.96. The summed E-state index contributed by atoms with van der Waals surface area (Å²) in [6.45, 7) is 2.00. The molecule has 20 heavy (non-hydrogen) atoms. The number of hydrazone groups is 1. The SMILES string of the molecule is Cc1ccc(O)c(C2=NN[C@H](c3ccc(Cl)cc3)C2)c1. The van der Waals surface area contributed by atoms with Gasteiger partial charge in [0.15, 0.2) is 0 Å². The molecule has 1 heterocycles. The Hall–Kier alpha value is -2.00. The average molecular weight is 287 g/mol. The van der Waals surface area contributed by atoms with Crippen molar-refractivity contribution >= 4 is 17.3 Å². The van der Waals surface area contributed by atoms with Gasteiger partial charge in [0.05, 0.1) is 11.8 Å². The lowest BCUT2D eigenvalue weighted by molar-refractivity contribution is 0.474. The Morgan fingerprint density at radius 2 is 1.95 bits per heavy atom. The van der Waals surface area contributed by atoms with E-state index in [-0.39, 0.29) is 11.8 Å². The van der Waals surface area contributed by atoms with Crippen LogP contribution in [0.5, 0.6) is 5.75 Å². The highest BCUT2D eigenvalue weighted by Crippen LogP contribution is 2.29. The molecule has 0 aliphatic carbocycles. The van der Waals surface area contributed by atoms with Crippen LogP contribution in [0.2, 0.25) is 5.02 Å². The van der Waals surface area contributed by atoms with Crippen molar-refractivity contribution in [1.82, 2.24) is 5.43 Å². The van der Waals surface area contributed by atoms with E-state index in [9.17, 15) is 5.11 Å². The van der Waals surface area contributed by atoms with Crippen LogP contribution in [0.1, 0.15) is 29.2 Å². The zero-order chi connectivity index (χ0) is 14.1. The van der Waals surface area contributed by atoms with E-state index in [1.165, 1.54) is 0 Å². The van der Waals surface area contributed by atoms with Gasteiger partial charge in [-0.1, -0.05) is 35.4 Å². The van der Waals surface area contributed by atoms with Gasteiger partial charge in [-0.05, 0) is 36.8 Å². The van der Waals surface area contributed by atoms with Crippen molar-refractivity contribution < 1.29 is 5.11 Å². The van der Waals surface area contributed by atoms with Crippen molar-refractivity contribution in [1.29, 1.82) is 0 Å². The average Bonchev–Trinajstić information content (AvgIpc) is 2.92. The molecule has 0 unspecified atom stereocenters. The highest BCUT2D eigenvalue weighted by Gasteiger charge is 2.22. The predicted molar refractivity (Wildman–Crippen MR) is 81.3 cm³/mol. The predicted octanol–water partition coefficient (Wildman–Crippen LogP) is 3.79. The lowest BCUT2D eigenvalue weighted by Gasteiger charge is -2.10. The zero-order valence-electron chi connectivity index (χ0n) is 11.1. The number of phenolic OH excluding ortho intramolecular Hbond substituents is 1. The van der Waals surface area contributed by atoms with Crippen LogP contribution in [-0.4, -0.2) is 10.8 Å². The van der Waals surface area contributed by atoms with Crippen molar-refractivity contribution in [2.24, 2.45) is 5.10 Å². The topological polar surface area (TPSA) is 44.6 Å². The van der Waals surface area contributed by atoms with E-state index in [0.717, 1.165) is 33.8 Å². The third-order valence-corrected chi connectivity index (χ3v) is 3.74. The first-order valence-corrected chi connectivity index (χ1v) is 6.89. The Kier molecular flexibility index (Phi) is 3.36. The second-order valence-electron chi connectivity index (χ2n) is 5.02. The van der Waals surface area contributed by atoms with Crippen LogP contribution in [0.15, 0.2) is 47.6 Å². The number of nitrogens with zero attached hydrogens (tertiary/aromatic N) is 1. The Morgan fingerprint density at radius 3 is 2.70 bits per heavy atom. The molecule has 3 nitrogen and oxygen atoms in total. The quantitative estimate of drug-likeness (QED) is 0.882. The zero-order valence-corrected chi connectivity index (χ0v) is 11.9. The molecule has 1 aliphatic rings. The molecule has 1 atom stereocenters. The minimum atomic E-state index is 0.127. The molecule has 2 aromatic rings. The molecule has 3 rings (SSSR count). The molecule has 0 saturated heterocycles. The van der Waals surface area contributed by atoms with Gasteiger partial charge in [-0.25, -0.2) is 0 Å². The summed E-state index contributed by atoms with van der Waals surface area (Å²) in [7, 11) is 0. The van der Waals surface area contributed by atoms with Gasteiger partial charge in [0.2, 0.25) is 0 Å². The van der Waals surface area contributed by atoms with E-state index in [1.807, 2.05) is 43.3 Å². The Morgan fingerprint density at radius 1 is 1.20 bits per heavy atom. The Bertz CT molecular complexity index is 665. The first-order valence-electron chi connectivity index (χ1n) is 6.51. The number of hydrogen-bond acceptors (Lipinski definition) is 3. The minimum absolute atomic E-state index is 0.127. The van der Waals surface area contributed by atoms with E-state index >= 15 is 0 Å². The highest BCUT2D eigenvalue weighted by molar-refractivity contribution is 6.30. The summed E-state index contributed by atoms with van der Waals surface area (Å²) in [6.07, 6.45) is 0.749. The van der Waals surface area contributed by atoms with Gasteiger partial charge < -0.3 is 10.5 Å². The number of aryl methyl sites for hydroxylation is 1. The van der Waals surface area contributed by atoms with Crippen LogP contribution in [-0.2, 0) is 0 Å². The molecule has 0 fully saturated rings. The number of aromatic hydroxyl groups is 1. The van der Waals surface area contributed by atoms with Crippen LogP contribution in [0.4, 0.5) is 0 Å². The van der Waals surface area contributed by atoms with Crippen LogP contribution >= 0.6 is 11.6 Å². The fourth-order valence-electron chi connectivity index (χ4n) is 2.38. The molecule has 0 aromatic heterocycles. The molecular weight excluding hydrogens is 272 g/mol.